The van der Waals surface area contributed by atoms with Crippen LogP contribution in [0.2, 0.25) is 0 Å². The smallest absolute Gasteiger partial charge is 0.325 e. The van der Waals surface area contributed by atoms with Gasteiger partial charge in [0.2, 0.25) is 0 Å². The van der Waals surface area contributed by atoms with Crippen LogP contribution in [0.5, 0.6) is 0 Å². The van der Waals surface area contributed by atoms with E-state index in [0.717, 1.165) is 5.56 Å². The Kier molecular flexibility index (Phi) is 6.11. The lowest BCUT2D eigenvalue weighted by molar-refractivity contribution is -0.146. The van der Waals surface area contributed by atoms with Crippen LogP contribution in [0.1, 0.15) is 12.0 Å². The van der Waals surface area contributed by atoms with Crippen LogP contribution < -0.4 is 5.32 Å². The van der Waals surface area contributed by atoms with Crippen molar-refractivity contribution >= 4 is 16.1 Å². The normalized spacial score (nSPS) is 21.3. The average Bonchev–Trinajstić information content (AvgIpc) is 2.99. The third kappa shape index (κ3) is 4.74. The Bertz CT molecular complexity index is 628. The van der Waals surface area contributed by atoms with E-state index in [0.29, 0.717) is 13.0 Å². The molecule has 0 aromatic heterocycles. The summed E-state index contributed by atoms with van der Waals surface area (Å²) in [5, 5.41) is 2.99. The molecule has 8 heteroatoms. The van der Waals surface area contributed by atoms with E-state index in [9.17, 15) is 13.2 Å². The largest absolute Gasteiger partial charge is 0.468 e. The van der Waals surface area contributed by atoms with Crippen molar-refractivity contribution in [3.8, 4) is 0 Å². The second kappa shape index (κ2) is 7.87. The zero-order chi connectivity index (χ0) is 16.9. The Balaban J connectivity index is 1.80. The van der Waals surface area contributed by atoms with Crippen LogP contribution in [0.15, 0.2) is 29.2 Å². The molecule has 0 unspecified atom stereocenters. The molecular formula is C15H21NO6S. The monoisotopic (exact) mass is 343 g/mol. The van der Waals surface area contributed by atoms with Gasteiger partial charge in [-0.2, -0.15) is 8.42 Å². The number of nitrogens with one attached hydrogen (secondary N) is 1. The van der Waals surface area contributed by atoms with Gasteiger partial charge in [0.05, 0.1) is 31.3 Å². The molecule has 1 aromatic carbocycles. The highest BCUT2D eigenvalue weighted by Gasteiger charge is 2.34. The highest BCUT2D eigenvalue weighted by molar-refractivity contribution is 7.86. The summed E-state index contributed by atoms with van der Waals surface area (Å²) in [5.41, 5.74) is 0.967. The predicted molar refractivity (Wildman–Crippen MR) is 82.5 cm³/mol. The lowest BCUT2D eigenvalue weighted by Crippen LogP contribution is -2.40. The summed E-state index contributed by atoms with van der Waals surface area (Å²) < 4.78 is 39.2. The van der Waals surface area contributed by atoms with E-state index in [1.165, 1.54) is 19.2 Å². The second-order valence-electron chi connectivity index (χ2n) is 5.24. The van der Waals surface area contributed by atoms with Gasteiger partial charge < -0.3 is 14.8 Å². The number of rotatable bonds is 7. The van der Waals surface area contributed by atoms with Crippen molar-refractivity contribution in [3.05, 3.63) is 29.8 Å². The fraction of sp³-hybridized carbons (Fsp3) is 0.533. The minimum atomic E-state index is -3.79. The molecule has 1 N–H and O–H groups in total. The van der Waals surface area contributed by atoms with Crippen molar-refractivity contribution in [2.75, 3.05) is 26.9 Å². The predicted octanol–water partition coefficient (Wildman–Crippen LogP) is 0.620. The molecule has 1 aromatic rings. The van der Waals surface area contributed by atoms with Crippen molar-refractivity contribution in [2.24, 2.45) is 0 Å². The molecule has 1 heterocycles. The van der Waals surface area contributed by atoms with Gasteiger partial charge in [-0.15, -0.1) is 0 Å². The summed E-state index contributed by atoms with van der Waals surface area (Å²) in [5.74, 6) is -0.388. The summed E-state index contributed by atoms with van der Waals surface area (Å²) in [6.07, 6.45) is 0.318. The van der Waals surface area contributed by atoms with Crippen LogP contribution in [0.25, 0.3) is 0 Å². The molecular weight excluding hydrogens is 322 g/mol. The first kappa shape index (κ1) is 17.9. The van der Waals surface area contributed by atoms with Crippen molar-refractivity contribution in [1.82, 2.24) is 5.32 Å². The molecule has 0 aliphatic carbocycles. The maximum absolute atomic E-state index is 12.0. The van der Waals surface area contributed by atoms with E-state index in [2.05, 4.69) is 10.1 Å². The summed E-state index contributed by atoms with van der Waals surface area (Å²) in [6, 6.07) is 5.89. The van der Waals surface area contributed by atoms with E-state index in [4.69, 9.17) is 8.92 Å². The van der Waals surface area contributed by atoms with Crippen LogP contribution in [0.4, 0.5) is 0 Å². The second-order valence-corrected chi connectivity index (χ2v) is 6.86. The molecule has 1 fully saturated rings. The Hall–Kier alpha value is -1.48. The number of aryl methyl sites for hydroxylation is 1. The maximum atomic E-state index is 12.0. The average molecular weight is 343 g/mol. The standard InChI is InChI=1S/C15H21NO6S/c1-11-3-5-12(6-4-11)23(18,19)22-10-9-21-13-7-8-16-14(13)15(17)20-2/h3-6,13-14,16H,7-10H2,1-2H3/t13-,14-/m0/s1. The van der Waals surface area contributed by atoms with Crippen LogP contribution in [0.3, 0.4) is 0 Å². The number of carbonyl (C=O) groups is 1. The SMILES string of the molecule is COC(=O)[C@H]1NCC[C@@H]1OCCOS(=O)(=O)c1ccc(C)cc1. The maximum Gasteiger partial charge on any atom is 0.325 e. The van der Waals surface area contributed by atoms with Crippen molar-refractivity contribution < 1.29 is 26.9 Å². The van der Waals surface area contributed by atoms with E-state index in [1.54, 1.807) is 12.1 Å². The molecule has 1 saturated heterocycles. The first-order chi connectivity index (χ1) is 10.9. The van der Waals surface area contributed by atoms with Gasteiger partial charge in [-0.25, -0.2) is 0 Å². The van der Waals surface area contributed by atoms with Crippen LogP contribution in [-0.2, 0) is 28.6 Å². The van der Waals surface area contributed by atoms with Crippen molar-refractivity contribution in [2.45, 2.75) is 30.4 Å². The lowest BCUT2D eigenvalue weighted by atomic mass is 10.2. The Labute approximate surface area is 136 Å². The molecule has 0 amide bonds. The fourth-order valence-corrected chi connectivity index (χ4v) is 3.23. The van der Waals surface area contributed by atoms with Gasteiger partial charge >= 0.3 is 5.97 Å². The van der Waals surface area contributed by atoms with Gasteiger partial charge in [-0.1, -0.05) is 17.7 Å². The zero-order valence-electron chi connectivity index (χ0n) is 13.2. The molecule has 0 bridgehead atoms. The van der Waals surface area contributed by atoms with Gasteiger partial charge in [0, 0.05) is 0 Å². The topological polar surface area (TPSA) is 90.9 Å². The summed E-state index contributed by atoms with van der Waals surface area (Å²) in [4.78, 5) is 11.6. The van der Waals surface area contributed by atoms with E-state index in [1.807, 2.05) is 6.92 Å². The highest BCUT2D eigenvalue weighted by atomic mass is 32.2. The Morgan fingerprint density at radius 2 is 1.96 bits per heavy atom. The summed E-state index contributed by atoms with van der Waals surface area (Å²) in [7, 11) is -2.48. The minimum absolute atomic E-state index is 0.0743. The molecule has 1 aliphatic rings. The number of hydrogen-bond donors (Lipinski definition) is 1. The first-order valence-corrected chi connectivity index (χ1v) is 8.74. The molecule has 0 saturated carbocycles. The Morgan fingerprint density at radius 3 is 2.61 bits per heavy atom. The number of ether oxygens (including phenoxy) is 2. The Morgan fingerprint density at radius 1 is 1.26 bits per heavy atom. The van der Waals surface area contributed by atoms with Gasteiger partial charge in [0.25, 0.3) is 10.1 Å². The molecule has 0 radical (unpaired) electrons. The fourth-order valence-electron chi connectivity index (χ4n) is 2.34. The van der Waals surface area contributed by atoms with Gasteiger partial charge in [-0.3, -0.25) is 8.98 Å². The quantitative estimate of drug-likeness (QED) is 0.441. The molecule has 23 heavy (non-hydrogen) atoms. The number of carbonyl (C=O) groups excluding carboxylic acids is 1. The molecule has 2 atom stereocenters. The van der Waals surface area contributed by atoms with Gasteiger partial charge in [-0.05, 0) is 32.0 Å². The summed E-state index contributed by atoms with van der Waals surface area (Å²) in [6.45, 7) is 2.48. The minimum Gasteiger partial charge on any atom is -0.468 e. The van der Waals surface area contributed by atoms with Gasteiger partial charge in [0.15, 0.2) is 0 Å². The molecule has 7 nitrogen and oxygen atoms in total. The lowest BCUT2D eigenvalue weighted by Gasteiger charge is -2.17. The third-order valence-electron chi connectivity index (χ3n) is 3.58. The van der Waals surface area contributed by atoms with Crippen LogP contribution in [-0.4, -0.2) is 53.4 Å². The number of esters is 1. The molecule has 0 spiro atoms. The van der Waals surface area contributed by atoms with E-state index >= 15 is 0 Å². The molecule has 128 valence electrons. The molecule has 1 aliphatic heterocycles. The first-order valence-electron chi connectivity index (χ1n) is 7.33. The van der Waals surface area contributed by atoms with Crippen molar-refractivity contribution in [1.29, 1.82) is 0 Å². The summed E-state index contributed by atoms with van der Waals surface area (Å²) >= 11 is 0. The number of benzene rings is 1. The number of hydrogen-bond acceptors (Lipinski definition) is 7. The van der Waals surface area contributed by atoms with Crippen molar-refractivity contribution in [3.63, 3.8) is 0 Å². The highest BCUT2D eigenvalue weighted by Crippen LogP contribution is 2.15. The third-order valence-corrected chi connectivity index (χ3v) is 4.91. The van der Waals surface area contributed by atoms with E-state index in [-0.39, 0.29) is 30.2 Å². The van der Waals surface area contributed by atoms with Gasteiger partial charge in [0.1, 0.15) is 6.04 Å². The number of methoxy groups -OCH3 is 1. The van der Waals surface area contributed by atoms with Crippen LogP contribution in [0, 0.1) is 6.92 Å². The molecule has 2 rings (SSSR count). The van der Waals surface area contributed by atoms with Crippen LogP contribution >= 0.6 is 0 Å². The van der Waals surface area contributed by atoms with E-state index < -0.39 is 16.2 Å². The zero-order valence-corrected chi connectivity index (χ0v) is 14.0.